The third-order valence-corrected chi connectivity index (χ3v) is 10.8. The van der Waals surface area contributed by atoms with Crippen molar-refractivity contribution in [2.75, 3.05) is 6.54 Å². The van der Waals surface area contributed by atoms with Crippen molar-refractivity contribution in [3.05, 3.63) is 59.1 Å². The second kappa shape index (κ2) is 9.19. The van der Waals surface area contributed by atoms with E-state index >= 15 is 0 Å². The molecular weight excluding hydrogens is 497 g/mol. The van der Waals surface area contributed by atoms with E-state index in [1.807, 2.05) is 30.0 Å². The van der Waals surface area contributed by atoms with Crippen molar-refractivity contribution in [2.45, 2.75) is 68.7 Å². The van der Waals surface area contributed by atoms with Gasteiger partial charge in [0.2, 0.25) is 15.9 Å². The number of thiazole rings is 1. The van der Waals surface area contributed by atoms with Gasteiger partial charge in [-0.3, -0.25) is 4.79 Å². The Kier molecular flexibility index (Phi) is 6.13. The Hall–Kier alpha value is -2.36. The van der Waals surface area contributed by atoms with E-state index in [-0.39, 0.29) is 29.8 Å². The largest absolute Gasteiger partial charge is 0.334 e. The summed E-state index contributed by atoms with van der Waals surface area (Å²) in [4.78, 5) is 20.5. The fourth-order valence-electron chi connectivity index (χ4n) is 5.98. The lowest BCUT2D eigenvalue weighted by Crippen LogP contribution is -2.51. The van der Waals surface area contributed by atoms with E-state index in [2.05, 4.69) is 4.98 Å². The summed E-state index contributed by atoms with van der Waals surface area (Å²) in [6.07, 6.45) is 2.67. The number of sulfonamides is 1. The number of rotatable bonds is 6. The zero-order valence-corrected chi connectivity index (χ0v) is 21.8. The van der Waals surface area contributed by atoms with Gasteiger partial charge < -0.3 is 4.90 Å². The second-order valence-electron chi connectivity index (χ2n) is 10.6. The molecule has 190 valence electrons. The van der Waals surface area contributed by atoms with Crippen LogP contribution >= 0.6 is 11.3 Å². The summed E-state index contributed by atoms with van der Waals surface area (Å²) in [5, 5.41) is 0. The first-order chi connectivity index (χ1) is 17.3. The van der Waals surface area contributed by atoms with E-state index in [0.29, 0.717) is 12.5 Å². The molecule has 3 aliphatic rings. The lowest BCUT2D eigenvalue weighted by Gasteiger charge is -2.37. The molecular formula is C27H30FN3O3S2. The molecule has 5 atom stereocenters. The molecule has 9 heteroatoms. The van der Waals surface area contributed by atoms with Gasteiger partial charge in [-0.2, -0.15) is 4.31 Å². The summed E-state index contributed by atoms with van der Waals surface area (Å²) >= 11 is 1.57. The molecule has 0 bridgehead atoms. The number of nitrogens with zero attached hydrogens (tertiary/aromatic N) is 3. The van der Waals surface area contributed by atoms with Crippen molar-refractivity contribution in [3.8, 4) is 0 Å². The lowest BCUT2D eigenvalue weighted by molar-refractivity contribution is -0.138. The number of fused-ring (bicyclic) bond motifs is 2. The molecule has 1 amide bonds. The minimum absolute atomic E-state index is 0.0370. The van der Waals surface area contributed by atoms with E-state index in [0.717, 1.165) is 50.8 Å². The van der Waals surface area contributed by atoms with Crippen molar-refractivity contribution < 1.29 is 17.6 Å². The van der Waals surface area contributed by atoms with Crippen LogP contribution in [-0.2, 0) is 21.4 Å². The average molecular weight is 528 g/mol. The minimum Gasteiger partial charge on any atom is -0.334 e. The second-order valence-corrected chi connectivity index (χ2v) is 13.4. The smallest absolute Gasteiger partial charge is 0.243 e. The molecule has 0 spiro atoms. The molecule has 2 aliphatic carbocycles. The Labute approximate surface area is 215 Å². The summed E-state index contributed by atoms with van der Waals surface area (Å²) in [6, 6.07) is 11.5. The number of halogens is 1. The van der Waals surface area contributed by atoms with Crippen LogP contribution in [0.15, 0.2) is 52.9 Å². The zero-order chi connectivity index (χ0) is 25.0. The fourth-order valence-corrected chi connectivity index (χ4v) is 8.26. The Morgan fingerprint density at radius 1 is 1.11 bits per heavy atom. The van der Waals surface area contributed by atoms with E-state index in [4.69, 9.17) is 0 Å². The maximum absolute atomic E-state index is 14.8. The molecule has 0 radical (unpaired) electrons. The van der Waals surface area contributed by atoms with Crippen LogP contribution in [0.3, 0.4) is 0 Å². The SMILES string of the molecule is Cc1ccc(S(=O)(=O)N2CC(F)CC2C(=O)N(Cc2ccc3scnc3c2)C2CCC3CC3C2)cc1. The molecule has 6 nitrogen and oxygen atoms in total. The van der Waals surface area contributed by atoms with Crippen molar-refractivity contribution in [2.24, 2.45) is 11.8 Å². The fraction of sp³-hybridized carbons (Fsp3) is 0.481. The highest BCUT2D eigenvalue weighted by Crippen LogP contribution is 2.50. The number of carbonyl (C=O) groups is 1. The van der Waals surface area contributed by atoms with Gasteiger partial charge in [-0.25, -0.2) is 17.8 Å². The van der Waals surface area contributed by atoms with E-state index in [9.17, 15) is 17.6 Å². The average Bonchev–Trinajstić information content (AvgIpc) is 3.29. The van der Waals surface area contributed by atoms with Crippen molar-refractivity contribution >= 4 is 37.5 Å². The first-order valence-electron chi connectivity index (χ1n) is 12.6. The van der Waals surface area contributed by atoms with Crippen LogP contribution in [0.25, 0.3) is 10.2 Å². The molecule has 3 fully saturated rings. The molecule has 1 aromatic heterocycles. The van der Waals surface area contributed by atoms with Crippen LogP contribution in [-0.4, -0.2) is 53.3 Å². The van der Waals surface area contributed by atoms with Crippen molar-refractivity contribution in [3.63, 3.8) is 0 Å². The molecule has 2 aromatic carbocycles. The Morgan fingerprint density at radius 3 is 2.69 bits per heavy atom. The van der Waals surface area contributed by atoms with Crippen LogP contribution < -0.4 is 0 Å². The topological polar surface area (TPSA) is 70.6 Å². The first kappa shape index (κ1) is 24.0. The Bertz CT molecular complexity index is 1390. The third kappa shape index (κ3) is 4.46. The monoisotopic (exact) mass is 527 g/mol. The highest BCUT2D eigenvalue weighted by atomic mass is 32.2. The van der Waals surface area contributed by atoms with Gasteiger partial charge in [-0.15, -0.1) is 11.3 Å². The highest BCUT2D eigenvalue weighted by Gasteiger charge is 2.49. The molecule has 6 rings (SSSR count). The molecule has 0 N–H and O–H groups in total. The van der Waals surface area contributed by atoms with Crippen LogP contribution in [0.1, 0.15) is 43.2 Å². The summed E-state index contributed by atoms with van der Waals surface area (Å²) in [5.74, 6) is 1.13. The number of hydrogen-bond donors (Lipinski definition) is 0. The van der Waals surface area contributed by atoms with Gasteiger partial charge in [-0.1, -0.05) is 23.8 Å². The lowest BCUT2D eigenvalue weighted by atomic mass is 9.93. The highest BCUT2D eigenvalue weighted by molar-refractivity contribution is 7.89. The summed E-state index contributed by atoms with van der Waals surface area (Å²) in [5.41, 5.74) is 4.59. The van der Waals surface area contributed by atoms with E-state index in [1.54, 1.807) is 29.0 Å². The number of carbonyl (C=O) groups excluding carboxylic acids is 1. The quantitative estimate of drug-likeness (QED) is 0.456. The van der Waals surface area contributed by atoms with Crippen molar-refractivity contribution in [1.82, 2.24) is 14.2 Å². The number of aryl methyl sites for hydroxylation is 1. The van der Waals surface area contributed by atoms with Gasteiger partial charge in [0.25, 0.3) is 0 Å². The Balaban J connectivity index is 1.32. The number of hydrogen-bond acceptors (Lipinski definition) is 5. The molecule has 1 saturated heterocycles. The van der Waals surface area contributed by atoms with Crippen molar-refractivity contribution in [1.29, 1.82) is 0 Å². The molecule has 36 heavy (non-hydrogen) atoms. The van der Waals surface area contributed by atoms with Gasteiger partial charge in [0.15, 0.2) is 0 Å². The van der Waals surface area contributed by atoms with Crippen LogP contribution in [0.4, 0.5) is 4.39 Å². The number of alkyl halides is 1. The first-order valence-corrected chi connectivity index (χ1v) is 15.0. The summed E-state index contributed by atoms with van der Waals surface area (Å²) in [7, 11) is -4.01. The summed E-state index contributed by atoms with van der Waals surface area (Å²) in [6.45, 7) is 1.96. The zero-order valence-electron chi connectivity index (χ0n) is 20.2. The third-order valence-electron chi connectivity index (χ3n) is 8.10. The van der Waals surface area contributed by atoms with E-state index in [1.165, 1.54) is 18.6 Å². The van der Waals surface area contributed by atoms with Gasteiger partial charge in [0, 0.05) is 25.6 Å². The standard InChI is InChI=1S/C27H30FN3O3S2/c1-17-2-7-23(8-3-17)36(33,34)31-15-21(28)13-25(31)27(32)30(22-6-5-19-11-20(19)12-22)14-18-4-9-26-24(10-18)29-16-35-26/h2-4,7-10,16,19-22,25H,5-6,11-15H2,1H3. The van der Waals surface area contributed by atoms with Gasteiger partial charge in [0.1, 0.15) is 12.2 Å². The Morgan fingerprint density at radius 2 is 1.92 bits per heavy atom. The molecule has 5 unspecified atom stereocenters. The van der Waals surface area contributed by atoms with Gasteiger partial charge >= 0.3 is 0 Å². The van der Waals surface area contributed by atoms with Crippen LogP contribution in [0, 0.1) is 18.8 Å². The summed E-state index contributed by atoms with van der Waals surface area (Å²) < 4.78 is 44.0. The molecule has 3 aromatic rings. The number of aromatic nitrogens is 1. The molecule has 2 heterocycles. The minimum atomic E-state index is -4.01. The van der Waals surface area contributed by atoms with Gasteiger partial charge in [-0.05, 0) is 74.3 Å². The number of benzene rings is 2. The number of amides is 1. The normalized spacial score (nSPS) is 28.2. The maximum atomic E-state index is 14.8. The van der Waals surface area contributed by atoms with Crippen LogP contribution in [0.2, 0.25) is 0 Å². The molecule has 1 aliphatic heterocycles. The van der Waals surface area contributed by atoms with Gasteiger partial charge in [0.05, 0.1) is 20.6 Å². The maximum Gasteiger partial charge on any atom is 0.243 e. The van der Waals surface area contributed by atoms with Crippen LogP contribution in [0.5, 0.6) is 0 Å². The predicted molar refractivity (Wildman–Crippen MR) is 138 cm³/mol. The molecule has 2 saturated carbocycles. The van der Waals surface area contributed by atoms with E-state index < -0.39 is 22.2 Å². The predicted octanol–water partition coefficient (Wildman–Crippen LogP) is 4.92.